The summed E-state index contributed by atoms with van der Waals surface area (Å²) in [5.74, 6) is 0.472. The Kier molecular flexibility index (Phi) is 4.48. The highest BCUT2D eigenvalue weighted by Gasteiger charge is 2.30. The highest BCUT2D eigenvalue weighted by Crippen LogP contribution is 2.36. The van der Waals surface area contributed by atoms with E-state index in [0.717, 1.165) is 11.4 Å². The topological polar surface area (TPSA) is 30.7 Å². The molecule has 0 saturated heterocycles. The maximum Gasteiger partial charge on any atom is 0.137 e. The van der Waals surface area contributed by atoms with Crippen LogP contribution in [0.5, 0.6) is 0 Å². The van der Waals surface area contributed by atoms with Gasteiger partial charge in [-0.15, -0.1) is 0 Å². The summed E-state index contributed by atoms with van der Waals surface area (Å²) in [4.78, 5) is 4.09. The molecule has 0 N–H and O–H groups in total. The van der Waals surface area contributed by atoms with Gasteiger partial charge in [-0.05, 0) is 35.4 Å². The molecule has 0 aliphatic rings. The van der Waals surface area contributed by atoms with Crippen LogP contribution in [-0.4, -0.2) is 14.8 Å². The van der Waals surface area contributed by atoms with Crippen LogP contribution in [-0.2, 0) is 6.42 Å². The lowest BCUT2D eigenvalue weighted by Gasteiger charge is -2.34. The van der Waals surface area contributed by atoms with Crippen molar-refractivity contribution in [3.8, 4) is 0 Å². The maximum atomic E-state index is 5.96. The minimum Gasteiger partial charge on any atom is -0.249 e. The zero-order chi connectivity index (χ0) is 14.8. The van der Waals surface area contributed by atoms with Gasteiger partial charge < -0.3 is 0 Å². The fourth-order valence-corrected chi connectivity index (χ4v) is 2.45. The zero-order valence-corrected chi connectivity index (χ0v) is 13.3. The van der Waals surface area contributed by atoms with Crippen molar-refractivity contribution in [1.82, 2.24) is 14.8 Å². The molecule has 108 valence electrons. The number of benzene rings is 1. The van der Waals surface area contributed by atoms with Crippen molar-refractivity contribution >= 4 is 11.6 Å². The molecule has 1 heterocycles. The number of rotatable bonds is 4. The Morgan fingerprint density at radius 2 is 1.85 bits per heavy atom. The van der Waals surface area contributed by atoms with Gasteiger partial charge in [0.1, 0.15) is 12.7 Å². The van der Waals surface area contributed by atoms with E-state index in [4.69, 9.17) is 11.6 Å². The zero-order valence-electron chi connectivity index (χ0n) is 12.5. The second-order valence-corrected chi connectivity index (χ2v) is 6.86. The molecule has 3 nitrogen and oxygen atoms in total. The fraction of sp³-hybridized carbons (Fsp3) is 0.500. The van der Waals surface area contributed by atoms with Crippen molar-refractivity contribution in [1.29, 1.82) is 0 Å². The van der Waals surface area contributed by atoms with Crippen molar-refractivity contribution in [2.75, 3.05) is 0 Å². The molecule has 0 bridgehead atoms. The Hall–Kier alpha value is -1.35. The summed E-state index contributed by atoms with van der Waals surface area (Å²) in [5, 5.41) is 5.12. The lowest BCUT2D eigenvalue weighted by Crippen LogP contribution is -2.30. The second-order valence-electron chi connectivity index (χ2n) is 6.43. The first-order valence-corrected chi connectivity index (χ1v) is 7.34. The lowest BCUT2D eigenvalue weighted by atomic mass is 9.76. The van der Waals surface area contributed by atoms with Crippen molar-refractivity contribution < 1.29 is 0 Å². The molecule has 0 saturated carbocycles. The largest absolute Gasteiger partial charge is 0.249 e. The minimum atomic E-state index is 0.211. The van der Waals surface area contributed by atoms with Gasteiger partial charge >= 0.3 is 0 Å². The predicted octanol–water partition coefficient (Wildman–Crippen LogP) is 4.40. The molecule has 2 atom stereocenters. The molecule has 2 unspecified atom stereocenters. The van der Waals surface area contributed by atoms with E-state index in [1.807, 2.05) is 23.1 Å². The smallest absolute Gasteiger partial charge is 0.137 e. The predicted molar refractivity (Wildman–Crippen MR) is 82.8 cm³/mol. The normalized spacial score (nSPS) is 15.1. The van der Waals surface area contributed by atoms with Gasteiger partial charge in [0.15, 0.2) is 0 Å². The summed E-state index contributed by atoms with van der Waals surface area (Å²) in [5.41, 5.74) is 1.48. The van der Waals surface area contributed by atoms with Gasteiger partial charge in [-0.25, -0.2) is 9.67 Å². The molecule has 0 fully saturated rings. The maximum absolute atomic E-state index is 5.96. The average molecular weight is 292 g/mol. The number of halogens is 1. The summed E-state index contributed by atoms with van der Waals surface area (Å²) >= 11 is 5.96. The molecule has 0 radical (unpaired) electrons. The number of nitrogens with zero attached hydrogens (tertiary/aromatic N) is 3. The number of hydrogen-bond acceptors (Lipinski definition) is 2. The van der Waals surface area contributed by atoms with E-state index < -0.39 is 0 Å². The molecule has 2 rings (SSSR count). The third-order valence-corrected chi connectivity index (χ3v) is 4.33. The molecule has 0 spiro atoms. The van der Waals surface area contributed by atoms with E-state index in [9.17, 15) is 0 Å². The molecule has 2 aromatic rings. The third-order valence-electron chi connectivity index (χ3n) is 4.08. The molecule has 4 heteroatoms. The quantitative estimate of drug-likeness (QED) is 0.836. The highest BCUT2D eigenvalue weighted by molar-refractivity contribution is 6.30. The highest BCUT2D eigenvalue weighted by atomic mass is 35.5. The molecular formula is C16H22ClN3. The fourth-order valence-electron chi connectivity index (χ4n) is 2.33. The van der Waals surface area contributed by atoms with Crippen LogP contribution in [0.1, 0.15) is 39.3 Å². The van der Waals surface area contributed by atoms with Gasteiger partial charge in [-0.3, -0.25) is 0 Å². The van der Waals surface area contributed by atoms with Gasteiger partial charge in [-0.2, -0.15) is 5.10 Å². The van der Waals surface area contributed by atoms with Crippen LogP contribution in [0.25, 0.3) is 0 Å². The standard InChI is InChI=1S/C16H22ClN3/c1-12(16(2,3)4)15(20-11-18-10-19-20)9-13-5-7-14(17)8-6-13/h5-8,10-12,15H,9H2,1-4H3. The Balaban J connectivity index is 2.26. The summed E-state index contributed by atoms with van der Waals surface area (Å²) in [6.07, 6.45) is 4.34. The molecule has 1 aromatic heterocycles. The first-order valence-electron chi connectivity index (χ1n) is 6.96. The molecule has 20 heavy (non-hydrogen) atoms. The average Bonchev–Trinajstić information content (AvgIpc) is 2.90. The van der Waals surface area contributed by atoms with E-state index in [1.165, 1.54) is 5.56 Å². The molecular weight excluding hydrogens is 270 g/mol. The van der Waals surface area contributed by atoms with Crippen molar-refractivity contribution in [3.63, 3.8) is 0 Å². The second kappa shape index (κ2) is 5.96. The van der Waals surface area contributed by atoms with E-state index in [0.29, 0.717) is 12.0 Å². The summed E-state index contributed by atoms with van der Waals surface area (Å²) in [6, 6.07) is 8.34. The summed E-state index contributed by atoms with van der Waals surface area (Å²) in [7, 11) is 0. The van der Waals surface area contributed by atoms with Crippen LogP contribution in [0.4, 0.5) is 0 Å². The lowest BCUT2D eigenvalue weighted by molar-refractivity contribution is 0.168. The minimum absolute atomic E-state index is 0.211. The van der Waals surface area contributed by atoms with E-state index >= 15 is 0 Å². The van der Waals surface area contributed by atoms with Crippen LogP contribution >= 0.6 is 11.6 Å². The SMILES string of the molecule is CC(C(Cc1ccc(Cl)cc1)n1cncn1)C(C)(C)C. The number of aromatic nitrogens is 3. The van der Waals surface area contributed by atoms with Gasteiger partial charge in [0, 0.05) is 5.02 Å². The monoisotopic (exact) mass is 291 g/mol. The van der Waals surface area contributed by atoms with Crippen LogP contribution < -0.4 is 0 Å². The van der Waals surface area contributed by atoms with Gasteiger partial charge in [0.2, 0.25) is 0 Å². The molecule has 0 aliphatic heterocycles. The Labute approximate surface area is 126 Å². The Bertz CT molecular complexity index is 526. The molecule has 0 amide bonds. The van der Waals surface area contributed by atoms with Gasteiger partial charge in [-0.1, -0.05) is 51.4 Å². The number of hydrogen-bond donors (Lipinski definition) is 0. The van der Waals surface area contributed by atoms with Crippen molar-refractivity contribution in [3.05, 3.63) is 47.5 Å². The molecule has 0 aliphatic carbocycles. The van der Waals surface area contributed by atoms with E-state index in [-0.39, 0.29) is 5.41 Å². The van der Waals surface area contributed by atoms with Crippen LogP contribution in [0, 0.1) is 11.3 Å². The third kappa shape index (κ3) is 3.60. The van der Waals surface area contributed by atoms with Crippen LogP contribution in [0.2, 0.25) is 5.02 Å². The van der Waals surface area contributed by atoms with Crippen molar-refractivity contribution in [2.24, 2.45) is 11.3 Å². The van der Waals surface area contributed by atoms with Gasteiger partial charge in [0.05, 0.1) is 6.04 Å². The van der Waals surface area contributed by atoms with Gasteiger partial charge in [0.25, 0.3) is 0 Å². The van der Waals surface area contributed by atoms with Crippen LogP contribution in [0.3, 0.4) is 0 Å². The van der Waals surface area contributed by atoms with Crippen molar-refractivity contribution in [2.45, 2.75) is 40.2 Å². The Morgan fingerprint density at radius 1 is 1.20 bits per heavy atom. The Morgan fingerprint density at radius 3 is 2.35 bits per heavy atom. The summed E-state index contributed by atoms with van der Waals surface area (Å²) in [6.45, 7) is 9.08. The first-order chi connectivity index (χ1) is 9.38. The first kappa shape index (κ1) is 15.0. The van der Waals surface area contributed by atoms with E-state index in [2.05, 4.69) is 49.9 Å². The van der Waals surface area contributed by atoms with Crippen LogP contribution in [0.15, 0.2) is 36.9 Å². The molecule has 1 aromatic carbocycles. The summed E-state index contributed by atoms with van der Waals surface area (Å²) < 4.78 is 1.98. The van der Waals surface area contributed by atoms with E-state index in [1.54, 1.807) is 6.33 Å².